The van der Waals surface area contributed by atoms with Crippen molar-refractivity contribution < 1.29 is 0 Å². The first-order chi connectivity index (χ1) is 9.29. The lowest BCUT2D eigenvalue weighted by Gasteiger charge is -1.98. The molecule has 0 atom stereocenters. The second kappa shape index (κ2) is 4.81. The van der Waals surface area contributed by atoms with Gasteiger partial charge in [0.1, 0.15) is 5.00 Å². The van der Waals surface area contributed by atoms with Crippen molar-refractivity contribution in [2.24, 2.45) is 0 Å². The highest BCUT2D eigenvalue weighted by atomic mass is 32.1. The first kappa shape index (κ1) is 11.9. The van der Waals surface area contributed by atoms with Gasteiger partial charge in [-0.05, 0) is 18.5 Å². The van der Waals surface area contributed by atoms with Gasteiger partial charge in [-0.15, -0.1) is 0 Å². The molecule has 0 aliphatic rings. The number of aromatic nitrogens is 4. The number of anilines is 1. The average molecular weight is 271 g/mol. The maximum Gasteiger partial charge on any atom is 0.181 e. The van der Waals surface area contributed by atoms with E-state index in [2.05, 4.69) is 24.9 Å². The van der Waals surface area contributed by atoms with Crippen LogP contribution in [0, 0.1) is 6.92 Å². The number of nitrogens with one attached hydrogen (secondary N) is 2. The van der Waals surface area contributed by atoms with Gasteiger partial charge in [-0.25, -0.2) is 4.98 Å². The van der Waals surface area contributed by atoms with Gasteiger partial charge in [0.25, 0.3) is 0 Å². The van der Waals surface area contributed by atoms with Gasteiger partial charge in [-0.1, -0.05) is 30.3 Å². The van der Waals surface area contributed by atoms with Crippen LogP contribution in [0.15, 0.2) is 30.3 Å². The summed E-state index contributed by atoms with van der Waals surface area (Å²) in [7, 11) is 1.88. The molecular weight excluding hydrogens is 258 g/mol. The molecule has 0 amide bonds. The maximum atomic E-state index is 4.55. The van der Waals surface area contributed by atoms with Gasteiger partial charge in [-0.3, -0.25) is 5.10 Å². The molecule has 19 heavy (non-hydrogen) atoms. The van der Waals surface area contributed by atoms with Crippen LogP contribution in [-0.2, 0) is 0 Å². The molecule has 96 valence electrons. The van der Waals surface area contributed by atoms with E-state index in [0.717, 1.165) is 27.6 Å². The number of aromatic amines is 1. The summed E-state index contributed by atoms with van der Waals surface area (Å²) in [6.07, 6.45) is 0. The summed E-state index contributed by atoms with van der Waals surface area (Å²) in [5.74, 6) is 1.44. The number of benzene rings is 1. The summed E-state index contributed by atoms with van der Waals surface area (Å²) in [5, 5.41) is 11.4. The van der Waals surface area contributed by atoms with Crippen LogP contribution >= 0.6 is 11.5 Å². The molecular formula is C13H13N5S. The lowest BCUT2D eigenvalue weighted by Crippen LogP contribution is -1.90. The highest BCUT2D eigenvalue weighted by Gasteiger charge is 2.16. The fourth-order valence-corrected chi connectivity index (χ4v) is 2.66. The topological polar surface area (TPSA) is 66.5 Å². The highest BCUT2D eigenvalue weighted by molar-refractivity contribution is 7.10. The minimum Gasteiger partial charge on any atom is -0.378 e. The van der Waals surface area contributed by atoms with Gasteiger partial charge >= 0.3 is 0 Å². The Kier molecular flexibility index (Phi) is 3.00. The molecule has 3 rings (SSSR count). The lowest BCUT2D eigenvalue weighted by atomic mass is 10.2. The standard InChI is InChI=1S/C13H13N5S/c1-8-10(13(14-2)19-18-8)12-15-11(16-17-12)9-6-4-3-5-7-9/h3-7,14H,1-2H3,(H,15,16,17). The SMILES string of the molecule is CNc1snc(C)c1-c1nc(-c2ccccc2)n[nH]1. The van der Waals surface area contributed by atoms with Crippen molar-refractivity contribution in [1.82, 2.24) is 19.6 Å². The average Bonchev–Trinajstić information content (AvgIpc) is 3.05. The van der Waals surface area contributed by atoms with Crippen LogP contribution < -0.4 is 5.32 Å². The third kappa shape index (κ3) is 2.10. The molecule has 0 saturated carbocycles. The molecule has 2 heterocycles. The number of hydrogen-bond acceptors (Lipinski definition) is 5. The zero-order valence-electron chi connectivity index (χ0n) is 10.6. The number of H-pyrrole nitrogens is 1. The zero-order valence-corrected chi connectivity index (χ0v) is 11.5. The summed E-state index contributed by atoms with van der Waals surface area (Å²) >= 11 is 1.43. The largest absolute Gasteiger partial charge is 0.378 e. The summed E-state index contributed by atoms with van der Waals surface area (Å²) in [6.45, 7) is 1.97. The molecule has 2 aromatic heterocycles. The van der Waals surface area contributed by atoms with Crippen LogP contribution in [0.2, 0.25) is 0 Å². The Hall–Kier alpha value is -2.21. The second-order valence-corrected chi connectivity index (χ2v) is 4.87. The Morgan fingerprint density at radius 1 is 1.21 bits per heavy atom. The number of rotatable bonds is 3. The molecule has 6 heteroatoms. The van der Waals surface area contributed by atoms with Gasteiger partial charge in [0.2, 0.25) is 0 Å². The molecule has 2 N–H and O–H groups in total. The first-order valence-electron chi connectivity index (χ1n) is 5.92. The molecule has 0 unspecified atom stereocenters. The predicted octanol–water partition coefficient (Wildman–Crippen LogP) is 2.95. The quantitative estimate of drug-likeness (QED) is 0.768. The molecule has 0 fully saturated rings. The number of aryl methyl sites for hydroxylation is 1. The molecule has 0 aliphatic carbocycles. The van der Waals surface area contributed by atoms with Crippen molar-refractivity contribution in [3.05, 3.63) is 36.0 Å². The Balaban J connectivity index is 2.04. The summed E-state index contributed by atoms with van der Waals surface area (Å²) in [5.41, 5.74) is 2.93. The van der Waals surface area contributed by atoms with Gasteiger partial charge in [0.15, 0.2) is 11.6 Å². The van der Waals surface area contributed by atoms with Crippen molar-refractivity contribution in [3.63, 3.8) is 0 Å². The van der Waals surface area contributed by atoms with E-state index in [1.807, 2.05) is 44.3 Å². The molecule has 0 radical (unpaired) electrons. The van der Waals surface area contributed by atoms with E-state index < -0.39 is 0 Å². The van der Waals surface area contributed by atoms with E-state index in [4.69, 9.17) is 0 Å². The van der Waals surface area contributed by atoms with E-state index >= 15 is 0 Å². The molecule has 0 bridgehead atoms. The second-order valence-electron chi connectivity index (χ2n) is 4.10. The molecule has 5 nitrogen and oxygen atoms in total. The van der Waals surface area contributed by atoms with Crippen LogP contribution in [0.5, 0.6) is 0 Å². The van der Waals surface area contributed by atoms with Gasteiger partial charge < -0.3 is 5.32 Å². The summed E-state index contributed by atoms with van der Waals surface area (Å²) in [6, 6.07) is 9.90. The third-order valence-corrected chi connectivity index (χ3v) is 3.80. The molecule has 0 spiro atoms. The van der Waals surface area contributed by atoms with E-state index in [-0.39, 0.29) is 0 Å². The van der Waals surface area contributed by atoms with Crippen LogP contribution in [0.3, 0.4) is 0 Å². The molecule has 0 saturated heterocycles. The van der Waals surface area contributed by atoms with Gasteiger partial charge in [-0.2, -0.15) is 9.47 Å². The normalized spacial score (nSPS) is 10.6. The Bertz CT molecular complexity index is 686. The first-order valence-corrected chi connectivity index (χ1v) is 6.69. The van der Waals surface area contributed by atoms with Gasteiger partial charge in [0, 0.05) is 12.6 Å². The fourth-order valence-electron chi connectivity index (χ4n) is 1.91. The van der Waals surface area contributed by atoms with E-state index in [1.165, 1.54) is 11.5 Å². The van der Waals surface area contributed by atoms with Crippen molar-refractivity contribution in [1.29, 1.82) is 0 Å². The Morgan fingerprint density at radius 3 is 2.74 bits per heavy atom. The molecule has 1 aromatic carbocycles. The fraction of sp³-hybridized carbons (Fsp3) is 0.154. The predicted molar refractivity (Wildman–Crippen MR) is 77.2 cm³/mol. The van der Waals surface area contributed by atoms with Gasteiger partial charge in [0.05, 0.1) is 11.3 Å². The minimum absolute atomic E-state index is 0.697. The Morgan fingerprint density at radius 2 is 2.00 bits per heavy atom. The summed E-state index contributed by atoms with van der Waals surface area (Å²) in [4.78, 5) is 4.55. The van der Waals surface area contributed by atoms with Crippen LogP contribution in [0.4, 0.5) is 5.00 Å². The smallest absolute Gasteiger partial charge is 0.181 e. The number of hydrogen-bond donors (Lipinski definition) is 2. The number of nitrogens with zero attached hydrogens (tertiary/aromatic N) is 3. The zero-order chi connectivity index (χ0) is 13.2. The third-order valence-electron chi connectivity index (χ3n) is 2.84. The van der Waals surface area contributed by atoms with Crippen molar-refractivity contribution in [2.75, 3.05) is 12.4 Å². The lowest BCUT2D eigenvalue weighted by molar-refractivity contribution is 1.10. The molecule has 0 aliphatic heterocycles. The van der Waals surface area contributed by atoms with Crippen LogP contribution in [0.1, 0.15) is 5.69 Å². The summed E-state index contributed by atoms with van der Waals surface area (Å²) < 4.78 is 4.34. The Labute approximate surface area is 114 Å². The maximum absolute atomic E-state index is 4.55. The van der Waals surface area contributed by atoms with E-state index in [9.17, 15) is 0 Å². The molecule has 3 aromatic rings. The van der Waals surface area contributed by atoms with E-state index in [1.54, 1.807) is 0 Å². The highest BCUT2D eigenvalue weighted by Crippen LogP contribution is 2.32. The van der Waals surface area contributed by atoms with Crippen LogP contribution in [0.25, 0.3) is 22.8 Å². The van der Waals surface area contributed by atoms with E-state index in [0.29, 0.717) is 5.82 Å². The van der Waals surface area contributed by atoms with Crippen molar-refractivity contribution >= 4 is 16.5 Å². The monoisotopic (exact) mass is 271 g/mol. The van der Waals surface area contributed by atoms with Crippen molar-refractivity contribution in [3.8, 4) is 22.8 Å². The van der Waals surface area contributed by atoms with Crippen molar-refractivity contribution in [2.45, 2.75) is 6.92 Å². The van der Waals surface area contributed by atoms with Crippen LogP contribution in [-0.4, -0.2) is 26.6 Å². The minimum atomic E-state index is 0.697.